The molecule has 0 spiro atoms. The fraction of sp³-hybridized carbons (Fsp3) is 0.458. The molecular formula is C24H30N3O9P. The summed E-state index contributed by atoms with van der Waals surface area (Å²) in [5.41, 5.74) is -2.82. The van der Waals surface area contributed by atoms with Crippen LogP contribution >= 0.6 is 7.75 Å². The zero-order valence-electron chi connectivity index (χ0n) is 20.8. The van der Waals surface area contributed by atoms with Crippen molar-refractivity contribution in [1.29, 1.82) is 0 Å². The second-order valence-corrected chi connectivity index (χ2v) is 10.6. The largest absolute Gasteiger partial charge is 0.462 e. The molecule has 6 atom stereocenters. The van der Waals surface area contributed by atoms with E-state index in [1.807, 2.05) is 0 Å². The Labute approximate surface area is 213 Å². The Morgan fingerprint density at radius 1 is 1.30 bits per heavy atom. The van der Waals surface area contributed by atoms with E-state index in [0.29, 0.717) is 0 Å². The first-order chi connectivity index (χ1) is 17.4. The molecule has 0 bridgehead atoms. The number of carbonyl (C=O) groups excluding carboxylic acids is 1. The SMILES string of the molecule is C#C[C@]1(C)[C@H](O)[C@@H](COP(=O)(N[C@H](C)C(=O)OC(C)C)Oc2ccccc2)O[C@H]1n1ccc(=O)[nH]c1=O. The van der Waals surface area contributed by atoms with Crippen molar-refractivity contribution < 1.29 is 33.0 Å². The van der Waals surface area contributed by atoms with Gasteiger partial charge in [-0.15, -0.1) is 6.42 Å². The quantitative estimate of drug-likeness (QED) is 0.232. The molecule has 0 aliphatic carbocycles. The number of carbonyl (C=O) groups is 1. The summed E-state index contributed by atoms with van der Waals surface area (Å²) in [7, 11) is -4.24. The Morgan fingerprint density at radius 3 is 2.57 bits per heavy atom. The molecule has 200 valence electrons. The minimum Gasteiger partial charge on any atom is -0.462 e. The van der Waals surface area contributed by atoms with E-state index < -0.39 is 67.6 Å². The molecule has 3 N–H and O–H groups in total. The lowest BCUT2D eigenvalue weighted by Gasteiger charge is -2.28. The lowest BCUT2D eigenvalue weighted by molar-refractivity contribution is -0.149. The number of hydrogen-bond donors (Lipinski definition) is 3. The predicted molar refractivity (Wildman–Crippen MR) is 133 cm³/mol. The summed E-state index contributed by atoms with van der Waals surface area (Å²) in [5.74, 6) is 1.97. The van der Waals surface area contributed by atoms with Gasteiger partial charge in [-0.25, -0.2) is 9.36 Å². The molecule has 0 saturated carbocycles. The predicted octanol–water partition coefficient (Wildman–Crippen LogP) is 1.57. The second-order valence-electron chi connectivity index (χ2n) is 8.95. The van der Waals surface area contributed by atoms with Crippen LogP contribution in [-0.4, -0.2) is 51.6 Å². The van der Waals surface area contributed by atoms with E-state index in [-0.39, 0.29) is 5.75 Å². The fourth-order valence-electron chi connectivity index (χ4n) is 3.67. The van der Waals surface area contributed by atoms with Gasteiger partial charge in [0, 0.05) is 12.3 Å². The Hall–Kier alpha value is -3.20. The zero-order valence-corrected chi connectivity index (χ0v) is 21.7. The van der Waals surface area contributed by atoms with E-state index in [2.05, 4.69) is 16.0 Å². The van der Waals surface area contributed by atoms with Gasteiger partial charge in [0.15, 0.2) is 6.23 Å². The number of nitrogens with zero attached hydrogens (tertiary/aromatic N) is 1. The lowest BCUT2D eigenvalue weighted by Crippen LogP contribution is -2.41. The summed E-state index contributed by atoms with van der Waals surface area (Å²) in [6, 6.07) is 8.18. The first-order valence-corrected chi connectivity index (χ1v) is 13.0. The topological polar surface area (TPSA) is 158 Å². The maximum atomic E-state index is 13.7. The monoisotopic (exact) mass is 535 g/mol. The molecule has 1 aliphatic heterocycles. The number of aromatic amines is 1. The zero-order chi connectivity index (χ0) is 27.4. The Morgan fingerprint density at radius 2 is 1.97 bits per heavy atom. The first-order valence-electron chi connectivity index (χ1n) is 11.5. The van der Waals surface area contributed by atoms with Crippen molar-refractivity contribution in [2.75, 3.05) is 6.61 Å². The van der Waals surface area contributed by atoms with Gasteiger partial charge < -0.3 is 19.1 Å². The number of ether oxygens (including phenoxy) is 2. The van der Waals surface area contributed by atoms with Crippen LogP contribution in [0.1, 0.15) is 33.9 Å². The van der Waals surface area contributed by atoms with Gasteiger partial charge in [0.05, 0.1) is 12.7 Å². The highest BCUT2D eigenvalue weighted by Gasteiger charge is 2.54. The minimum absolute atomic E-state index is 0.196. The number of aliphatic hydroxyl groups excluding tert-OH is 1. The third-order valence-electron chi connectivity index (χ3n) is 5.63. The third-order valence-corrected chi connectivity index (χ3v) is 7.28. The summed E-state index contributed by atoms with van der Waals surface area (Å²) in [5, 5.41) is 13.5. The van der Waals surface area contributed by atoms with Crippen molar-refractivity contribution in [3.05, 3.63) is 63.4 Å². The van der Waals surface area contributed by atoms with E-state index in [1.165, 1.54) is 20.0 Å². The number of aliphatic hydroxyl groups is 1. The van der Waals surface area contributed by atoms with Crippen LogP contribution in [0.15, 0.2) is 52.2 Å². The van der Waals surface area contributed by atoms with E-state index in [4.69, 9.17) is 24.9 Å². The molecule has 37 heavy (non-hydrogen) atoms. The van der Waals surface area contributed by atoms with Crippen LogP contribution in [0.2, 0.25) is 0 Å². The maximum Gasteiger partial charge on any atom is 0.459 e. The van der Waals surface area contributed by atoms with Gasteiger partial charge in [-0.2, -0.15) is 5.09 Å². The van der Waals surface area contributed by atoms with Gasteiger partial charge in [-0.3, -0.25) is 23.7 Å². The number of para-hydroxylation sites is 1. The van der Waals surface area contributed by atoms with Crippen LogP contribution in [0, 0.1) is 17.8 Å². The molecule has 0 radical (unpaired) electrons. The number of hydrogen-bond acceptors (Lipinski definition) is 9. The smallest absolute Gasteiger partial charge is 0.459 e. The van der Waals surface area contributed by atoms with Gasteiger partial charge in [0.25, 0.3) is 5.56 Å². The van der Waals surface area contributed by atoms with Crippen LogP contribution in [0.4, 0.5) is 0 Å². The van der Waals surface area contributed by atoms with Crippen LogP contribution < -0.4 is 20.9 Å². The molecule has 0 amide bonds. The Bertz CT molecular complexity index is 1300. The summed E-state index contributed by atoms with van der Waals surface area (Å²) in [4.78, 5) is 38.2. The Kier molecular flexibility index (Phi) is 8.79. The summed E-state index contributed by atoms with van der Waals surface area (Å²) < 4.78 is 36.9. The molecule has 12 nitrogen and oxygen atoms in total. The molecule has 1 aromatic carbocycles. The molecule has 1 unspecified atom stereocenters. The van der Waals surface area contributed by atoms with Crippen LogP contribution in [-0.2, 0) is 23.4 Å². The minimum atomic E-state index is -4.24. The maximum absolute atomic E-state index is 13.7. The summed E-state index contributed by atoms with van der Waals surface area (Å²) in [6.45, 7) is 5.79. The number of nitrogens with one attached hydrogen (secondary N) is 2. The summed E-state index contributed by atoms with van der Waals surface area (Å²) >= 11 is 0. The normalized spacial score (nSPS) is 25.7. The number of H-pyrrole nitrogens is 1. The number of terminal acetylenes is 1. The second kappa shape index (κ2) is 11.5. The van der Waals surface area contributed by atoms with E-state index in [1.54, 1.807) is 44.2 Å². The van der Waals surface area contributed by atoms with Crippen LogP contribution in [0.5, 0.6) is 5.75 Å². The highest BCUT2D eigenvalue weighted by atomic mass is 31.2. The van der Waals surface area contributed by atoms with Crippen molar-refractivity contribution in [3.63, 3.8) is 0 Å². The van der Waals surface area contributed by atoms with Crippen molar-refractivity contribution in [1.82, 2.24) is 14.6 Å². The van der Waals surface area contributed by atoms with Crippen LogP contribution in [0.25, 0.3) is 0 Å². The highest BCUT2D eigenvalue weighted by Crippen LogP contribution is 2.48. The average Bonchev–Trinajstić information content (AvgIpc) is 3.08. The molecule has 1 fully saturated rings. The van der Waals surface area contributed by atoms with Crippen molar-refractivity contribution in [2.45, 2.75) is 58.3 Å². The molecule has 1 aliphatic rings. The van der Waals surface area contributed by atoms with E-state index in [9.17, 15) is 24.1 Å². The van der Waals surface area contributed by atoms with E-state index >= 15 is 0 Å². The van der Waals surface area contributed by atoms with Gasteiger partial charge >= 0.3 is 19.4 Å². The molecule has 2 heterocycles. The standard InChI is InChI=1S/C24H30N3O9P/c1-6-24(5)20(29)18(35-22(24)27-13-12-19(28)25-23(27)31)14-33-37(32,36-17-10-8-7-9-11-17)26-16(4)21(30)34-15(2)3/h1,7-13,15-16,18,20,22,29H,14H2,2-5H3,(H,26,32)(H,25,28,31)/t16-,18-,20-,22-,24-,37?/m1/s1. The molecule has 1 saturated heterocycles. The van der Waals surface area contributed by atoms with Crippen LogP contribution in [0.3, 0.4) is 0 Å². The number of aromatic nitrogens is 2. The molecule has 2 aromatic rings. The van der Waals surface area contributed by atoms with Crippen molar-refractivity contribution in [3.8, 4) is 18.1 Å². The molecule has 3 rings (SSSR count). The highest BCUT2D eigenvalue weighted by molar-refractivity contribution is 7.52. The molecule has 1 aromatic heterocycles. The fourth-order valence-corrected chi connectivity index (χ4v) is 5.18. The lowest BCUT2D eigenvalue weighted by atomic mass is 9.83. The number of benzene rings is 1. The van der Waals surface area contributed by atoms with Gasteiger partial charge in [0.2, 0.25) is 0 Å². The van der Waals surface area contributed by atoms with Crippen molar-refractivity contribution >= 4 is 13.7 Å². The molecular weight excluding hydrogens is 505 g/mol. The van der Waals surface area contributed by atoms with Gasteiger partial charge in [-0.05, 0) is 39.8 Å². The molecule has 13 heteroatoms. The van der Waals surface area contributed by atoms with Crippen molar-refractivity contribution in [2.24, 2.45) is 5.41 Å². The van der Waals surface area contributed by atoms with Gasteiger partial charge in [0.1, 0.15) is 29.4 Å². The number of esters is 1. The Balaban J connectivity index is 1.84. The van der Waals surface area contributed by atoms with Gasteiger partial charge in [-0.1, -0.05) is 24.1 Å². The number of rotatable bonds is 10. The van der Waals surface area contributed by atoms with E-state index in [0.717, 1.165) is 10.6 Å². The average molecular weight is 535 g/mol. The summed E-state index contributed by atoms with van der Waals surface area (Å²) in [6.07, 6.45) is 2.80. The first kappa shape index (κ1) is 28.4. The third kappa shape index (κ3) is 6.57.